The van der Waals surface area contributed by atoms with Crippen molar-refractivity contribution in [2.75, 3.05) is 24.6 Å². The Morgan fingerprint density at radius 3 is 2.22 bits per heavy atom. The van der Waals surface area contributed by atoms with Crippen molar-refractivity contribution < 1.29 is 9.53 Å². The smallest absolute Gasteiger partial charge is 0.225 e. The number of benzene rings is 1. The molecular formula is C28H33N5O2S. The van der Waals surface area contributed by atoms with Crippen LogP contribution < -0.4 is 4.90 Å². The van der Waals surface area contributed by atoms with Gasteiger partial charge in [-0.1, -0.05) is 35.6 Å². The molecule has 3 fully saturated rings. The molecule has 36 heavy (non-hydrogen) atoms. The number of aromatic nitrogens is 4. The van der Waals surface area contributed by atoms with E-state index < -0.39 is 0 Å². The number of aldehydes is 1. The lowest BCUT2D eigenvalue weighted by Gasteiger charge is -2.32. The molecule has 188 valence electrons. The highest BCUT2D eigenvalue weighted by Crippen LogP contribution is 2.38. The molecule has 1 aromatic carbocycles. The van der Waals surface area contributed by atoms with Crippen molar-refractivity contribution in [1.82, 2.24) is 20.2 Å². The topological polar surface area (TPSA) is 81.1 Å². The number of carbonyl (C=O) groups excluding carboxylic acids is 1. The summed E-state index contributed by atoms with van der Waals surface area (Å²) in [5, 5.41) is 11.0. The van der Waals surface area contributed by atoms with Crippen molar-refractivity contribution in [3.8, 4) is 21.7 Å². The number of rotatable bonds is 8. The first-order valence-electron chi connectivity index (χ1n) is 13.3. The minimum absolute atomic E-state index is 0.225. The van der Waals surface area contributed by atoms with Gasteiger partial charge in [-0.15, -0.1) is 10.2 Å². The molecule has 0 unspecified atom stereocenters. The molecule has 3 aromatic rings. The third kappa shape index (κ3) is 5.49. The number of nitrogens with zero attached hydrogens (tertiary/aromatic N) is 5. The van der Waals surface area contributed by atoms with Crippen LogP contribution in [-0.4, -0.2) is 52.3 Å². The predicted octanol–water partition coefficient (Wildman–Crippen LogP) is 5.53. The predicted molar refractivity (Wildman–Crippen MR) is 141 cm³/mol. The summed E-state index contributed by atoms with van der Waals surface area (Å²) in [4.78, 5) is 22.6. The fourth-order valence-electron chi connectivity index (χ4n) is 5.24. The molecule has 0 N–H and O–H groups in total. The second kappa shape index (κ2) is 10.7. The Bertz CT molecular complexity index is 1150. The quantitative estimate of drug-likeness (QED) is 0.374. The van der Waals surface area contributed by atoms with E-state index in [2.05, 4.69) is 49.3 Å². The Hall–Kier alpha value is -2.71. The largest absolute Gasteiger partial charge is 0.378 e. The maximum absolute atomic E-state index is 11.0. The van der Waals surface area contributed by atoms with Gasteiger partial charge in [0.15, 0.2) is 0 Å². The molecule has 0 amide bonds. The lowest BCUT2D eigenvalue weighted by molar-refractivity contribution is -0.111. The Labute approximate surface area is 216 Å². The molecule has 0 spiro atoms. The first kappa shape index (κ1) is 23.7. The van der Waals surface area contributed by atoms with Crippen molar-refractivity contribution in [2.24, 2.45) is 11.8 Å². The number of hydrogen-bond donors (Lipinski definition) is 0. The molecule has 0 radical (unpaired) electrons. The van der Waals surface area contributed by atoms with Gasteiger partial charge in [0, 0.05) is 55.1 Å². The molecule has 8 heteroatoms. The van der Waals surface area contributed by atoms with E-state index >= 15 is 0 Å². The van der Waals surface area contributed by atoms with Gasteiger partial charge >= 0.3 is 0 Å². The second-order valence-electron chi connectivity index (χ2n) is 10.5. The van der Waals surface area contributed by atoms with E-state index in [1.165, 1.54) is 12.8 Å². The van der Waals surface area contributed by atoms with Crippen LogP contribution in [0.4, 0.5) is 5.95 Å². The van der Waals surface area contributed by atoms with Crippen molar-refractivity contribution in [2.45, 2.75) is 63.4 Å². The fourth-order valence-corrected chi connectivity index (χ4v) is 6.25. The van der Waals surface area contributed by atoms with E-state index in [9.17, 15) is 4.79 Å². The lowest BCUT2D eigenvalue weighted by atomic mass is 9.83. The summed E-state index contributed by atoms with van der Waals surface area (Å²) in [5.41, 5.74) is 3.18. The highest BCUT2D eigenvalue weighted by molar-refractivity contribution is 7.14. The maximum atomic E-state index is 11.0. The molecule has 0 atom stereocenters. The van der Waals surface area contributed by atoms with Crippen LogP contribution in [0.25, 0.3) is 21.7 Å². The van der Waals surface area contributed by atoms with Gasteiger partial charge in [0.25, 0.3) is 0 Å². The van der Waals surface area contributed by atoms with Gasteiger partial charge < -0.3 is 14.4 Å². The van der Waals surface area contributed by atoms with Gasteiger partial charge in [0.05, 0.1) is 6.10 Å². The average Bonchev–Trinajstić information content (AvgIpc) is 3.66. The Morgan fingerprint density at radius 2 is 1.56 bits per heavy atom. The summed E-state index contributed by atoms with van der Waals surface area (Å²) < 4.78 is 6.06. The summed E-state index contributed by atoms with van der Waals surface area (Å²) in [6.07, 6.45) is 14.1. The van der Waals surface area contributed by atoms with E-state index in [4.69, 9.17) is 4.74 Å². The van der Waals surface area contributed by atoms with Crippen molar-refractivity contribution in [3.63, 3.8) is 0 Å². The zero-order valence-electron chi connectivity index (χ0n) is 20.6. The van der Waals surface area contributed by atoms with Gasteiger partial charge in [0.2, 0.25) is 5.95 Å². The Morgan fingerprint density at radius 1 is 0.861 bits per heavy atom. The third-order valence-corrected chi connectivity index (χ3v) is 8.98. The van der Waals surface area contributed by atoms with Crippen LogP contribution in [0.5, 0.6) is 0 Å². The minimum Gasteiger partial charge on any atom is -0.378 e. The Balaban J connectivity index is 1.05. The molecule has 1 saturated heterocycles. The molecule has 7 nitrogen and oxygen atoms in total. The van der Waals surface area contributed by atoms with E-state index in [1.54, 1.807) is 11.3 Å². The Kier molecular flexibility index (Phi) is 7.05. The molecule has 0 bridgehead atoms. The number of hydrogen-bond acceptors (Lipinski definition) is 8. The minimum atomic E-state index is 0.225. The van der Waals surface area contributed by atoms with Crippen LogP contribution in [0.2, 0.25) is 0 Å². The van der Waals surface area contributed by atoms with Gasteiger partial charge in [0.1, 0.15) is 16.3 Å². The zero-order valence-corrected chi connectivity index (χ0v) is 21.4. The number of anilines is 1. The van der Waals surface area contributed by atoms with Crippen molar-refractivity contribution in [3.05, 3.63) is 41.7 Å². The first-order chi connectivity index (χ1) is 17.7. The monoisotopic (exact) mass is 503 g/mol. The van der Waals surface area contributed by atoms with Gasteiger partial charge in [-0.05, 0) is 62.8 Å². The standard InChI is InChI=1S/C28H33N5O2S/c34-17-19-3-5-22(6-4-19)26-31-32-27(36-26)23-9-7-21(8-10-23)24-15-29-28(30-16-24)33-13-11-25(12-14-33)35-18-20-1-2-20/h7-10,15-17,19-20,22,25H,1-6,11-14,18H2/t19-,22-. The highest BCUT2D eigenvalue weighted by atomic mass is 32.1. The van der Waals surface area contributed by atoms with Crippen LogP contribution in [0.3, 0.4) is 0 Å². The summed E-state index contributed by atoms with van der Waals surface area (Å²) >= 11 is 1.68. The molecule has 1 aliphatic heterocycles. The van der Waals surface area contributed by atoms with E-state index in [-0.39, 0.29) is 5.92 Å². The van der Waals surface area contributed by atoms with Crippen molar-refractivity contribution in [1.29, 1.82) is 0 Å². The van der Waals surface area contributed by atoms with Crippen LogP contribution in [-0.2, 0) is 9.53 Å². The SMILES string of the molecule is O=C[C@H]1CC[C@H](c2nnc(-c3ccc(-c4cnc(N5CCC(OCC6CC6)CC5)nc4)cc3)s2)CC1. The van der Waals surface area contributed by atoms with Crippen molar-refractivity contribution >= 4 is 23.6 Å². The molecule has 2 aliphatic carbocycles. The summed E-state index contributed by atoms with van der Waals surface area (Å²) in [6, 6.07) is 8.41. The lowest BCUT2D eigenvalue weighted by Crippen LogP contribution is -2.38. The normalized spacial score (nSPS) is 23.1. The second-order valence-corrected chi connectivity index (χ2v) is 11.5. The summed E-state index contributed by atoms with van der Waals surface area (Å²) in [5.74, 6) is 2.29. The molecule has 3 heterocycles. The maximum Gasteiger partial charge on any atom is 0.225 e. The van der Waals surface area contributed by atoms with E-state index in [0.717, 1.165) is 103 Å². The van der Waals surface area contributed by atoms with Gasteiger partial charge in [-0.2, -0.15) is 0 Å². The van der Waals surface area contributed by atoms with Crippen LogP contribution in [0, 0.1) is 11.8 Å². The van der Waals surface area contributed by atoms with Gasteiger partial charge in [-0.3, -0.25) is 0 Å². The van der Waals surface area contributed by atoms with E-state index in [0.29, 0.717) is 12.0 Å². The zero-order chi connectivity index (χ0) is 24.3. The molecule has 6 rings (SSSR count). The molecule has 2 saturated carbocycles. The summed E-state index contributed by atoms with van der Waals surface area (Å²) in [7, 11) is 0. The first-order valence-corrected chi connectivity index (χ1v) is 14.1. The summed E-state index contributed by atoms with van der Waals surface area (Å²) in [6.45, 7) is 2.84. The molecule has 2 aromatic heterocycles. The molecular weight excluding hydrogens is 470 g/mol. The van der Waals surface area contributed by atoms with Crippen LogP contribution >= 0.6 is 11.3 Å². The van der Waals surface area contributed by atoms with Crippen LogP contribution in [0.15, 0.2) is 36.7 Å². The highest BCUT2D eigenvalue weighted by Gasteiger charge is 2.27. The molecule has 3 aliphatic rings. The van der Waals surface area contributed by atoms with Crippen LogP contribution in [0.1, 0.15) is 62.3 Å². The fraction of sp³-hybridized carbons (Fsp3) is 0.536. The number of ether oxygens (including phenoxy) is 1. The number of piperidine rings is 1. The number of carbonyl (C=O) groups is 1. The van der Waals surface area contributed by atoms with Gasteiger partial charge in [-0.25, -0.2) is 9.97 Å². The third-order valence-electron chi connectivity index (χ3n) is 7.85. The van der Waals surface area contributed by atoms with E-state index in [1.807, 2.05) is 12.4 Å². The average molecular weight is 504 g/mol.